The number of benzene rings is 1. The second-order valence-electron chi connectivity index (χ2n) is 4.31. The number of anilines is 1. The van der Waals surface area contributed by atoms with E-state index in [1.807, 2.05) is 0 Å². The van der Waals surface area contributed by atoms with Crippen molar-refractivity contribution in [3.8, 4) is 0 Å². The SMILES string of the molecule is Cc1cc(Cl)cc(Cl)c1S(=O)(=O)Nc1nc(C(=O)C(=O)O)cs1. The lowest BCUT2D eigenvalue weighted by molar-refractivity contribution is -0.131. The quantitative estimate of drug-likeness (QED) is 0.595. The number of thiazole rings is 1. The van der Waals surface area contributed by atoms with Crippen molar-refractivity contribution in [2.75, 3.05) is 4.72 Å². The highest BCUT2D eigenvalue weighted by atomic mass is 35.5. The van der Waals surface area contributed by atoms with E-state index in [9.17, 15) is 18.0 Å². The number of carbonyl (C=O) groups is 2. The molecule has 0 atom stereocenters. The third-order valence-corrected chi connectivity index (χ3v) is 5.67. The summed E-state index contributed by atoms with van der Waals surface area (Å²) in [7, 11) is -4.08. The van der Waals surface area contributed by atoms with Crippen LogP contribution in [0.15, 0.2) is 22.4 Å². The van der Waals surface area contributed by atoms with Crippen LogP contribution in [-0.2, 0) is 14.8 Å². The van der Waals surface area contributed by atoms with Gasteiger partial charge in [-0.05, 0) is 24.6 Å². The van der Waals surface area contributed by atoms with E-state index < -0.39 is 21.8 Å². The van der Waals surface area contributed by atoms with Gasteiger partial charge in [0.15, 0.2) is 5.13 Å². The van der Waals surface area contributed by atoms with Crippen LogP contribution in [0.25, 0.3) is 0 Å². The maximum Gasteiger partial charge on any atom is 0.378 e. The molecule has 0 aliphatic heterocycles. The third-order valence-electron chi connectivity index (χ3n) is 2.62. The molecule has 0 fully saturated rings. The first-order valence-corrected chi connectivity index (χ1v) is 8.95. The van der Waals surface area contributed by atoms with Gasteiger partial charge in [0.25, 0.3) is 15.8 Å². The molecule has 0 spiro atoms. The molecule has 122 valence electrons. The van der Waals surface area contributed by atoms with Crippen molar-refractivity contribution >= 4 is 61.4 Å². The molecule has 0 radical (unpaired) electrons. The molecule has 23 heavy (non-hydrogen) atoms. The van der Waals surface area contributed by atoms with Crippen LogP contribution in [0.3, 0.4) is 0 Å². The molecule has 11 heteroatoms. The van der Waals surface area contributed by atoms with Crippen LogP contribution in [0.5, 0.6) is 0 Å². The fourth-order valence-electron chi connectivity index (χ4n) is 1.73. The highest BCUT2D eigenvalue weighted by molar-refractivity contribution is 7.93. The maximum absolute atomic E-state index is 12.4. The highest BCUT2D eigenvalue weighted by Crippen LogP contribution is 2.30. The molecule has 7 nitrogen and oxygen atoms in total. The average Bonchev–Trinajstić information content (AvgIpc) is 2.83. The molecule has 0 aliphatic rings. The molecule has 1 aromatic heterocycles. The van der Waals surface area contributed by atoms with Crippen molar-refractivity contribution in [1.29, 1.82) is 0 Å². The minimum absolute atomic E-state index is 0.0686. The Balaban J connectivity index is 2.37. The second-order valence-corrected chi connectivity index (χ2v) is 7.63. The molecule has 2 N–H and O–H groups in total. The number of nitrogens with one attached hydrogen (secondary N) is 1. The first-order valence-electron chi connectivity index (χ1n) is 5.83. The summed E-state index contributed by atoms with van der Waals surface area (Å²) in [6.45, 7) is 1.52. The summed E-state index contributed by atoms with van der Waals surface area (Å²) in [5.74, 6) is -2.91. The normalized spacial score (nSPS) is 11.3. The van der Waals surface area contributed by atoms with E-state index in [4.69, 9.17) is 28.3 Å². The van der Waals surface area contributed by atoms with Gasteiger partial charge in [-0.3, -0.25) is 9.52 Å². The van der Waals surface area contributed by atoms with E-state index in [-0.39, 0.29) is 25.8 Å². The molecule has 2 rings (SSSR count). The average molecular weight is 395 g/mol. The van der Waals surface area contributed by atoms with Crippen molar-refractivity contribution < 1.29 is 23.1 Å². The van der Waals surface area contributed by atoms with Crippen LogP contribution in [0.2, 0.25) is 10.0 Å². The zero-order valence-corrected chi connectivity index (χ0v) is 14.5. The molecule has 0 saturated carbocycles. The van der Waals surface area contributed by atoms with Gasteiger partial charge in [0.05, 0.1) is 5.02 Å². The van der Waals surface area contributed by atoms with Crippen molar-refractivity contribution in [3.63, 3.8) is 0 Å². The van der Waals surface area contributed by atoms with E-state index in [0.717, 1.165) is 16.7 Å². The lowest BCUT2D eigenvalue weighted by atomic mass is 10.2. The highest BCUT2D eigenvalue weighted by Gasteiger charge is 2.24. The van der Waals surface area contributed by atoms with E-state index in [1.54, 1.807) is 0 Å². The molecule has 0 saturated heterocycles. The van der Waals surface area contributed by atoms with Gasteiger partial charge in [-0.15, -0.1) is 11.3 Å². The number of halogens is 2. The minimum Gasteiger partial charge on any atom is -0.475 e. The summed E-state index contributed by atoms with van der Waals surface area (Å²) in [5, 5.41) is 9.81. The minimum atomic E-state index is -4.08. The number of carboxylic acids is 1. The number of aliphatic carboxylic acids is 1. The summed E-state index contributed by atoms with van der Waals surface area (Å²) in [6, 6.07) is 2.72. The lowest BCUT2D eigenvalue weighted by Crippen LogP contribution is -2.16. The number of rotatable bonds is 5. The molecule has 0 bridgehead atoms. The molecule has 1 heterocycles. The van der Waals surface area contributed by atoms with Crippen molar-refractivity contribution in [2.24, 2.45) is 0 Å². The van der Waals surface area contributed by atoms with Gasteiger partial charge in [-0.25, -0.2) is 18.2 Å². The fourth-order valence-corrected chi connectivity index (χ4v) is 4.86. The third kappa shape index (κ3) is 3.81. The van der Waals surface area contributed by atoms with Crippen LogP contribution in [0.1, 0.15) is 16.1 Å². The number of ketones is 1. The van der Waals surface area contributed by atoms with Gasteiger partial charge in [0.1, 0.15) is 10.6 Å². The summed E-state index contributed by atoms with van der Waals surface area (Å²) in [6.07, 6.45) is 0. The smallest absolute Gasteiger partial charge is 0.378 e. The van der Waals surface area contributed by atoms with Gasteiger partial charge in [0.2, 0.25) is 0 Å². The second kappa shape index (κ2) is 6.44. The number of hydrogen-bond donors (Lipinski definition) is 2. The monoisotopic (exact) mass is 394 g/mol. The summed E-state index contributed by atoms with van der Waals surface area (Å²) >= 11 is 12.5. The summed E-state index contributed by atoms with van der Waals surface area (Å²) in [5.41, 5.74) is -0.0347. The molecule has 1 aromatic carbocycles. The first-order chi connectivity index (χ1) is 10.6. The zero-order chi connectivity index (χ0) is 17.4. The van der Waals surface area contributed by atoms with E-state index in [1.165, 1.54) is 19.1 Å². The topological polar surface area (TPSA) is 113 Å². The Bertz CT molecular complexity index is 885. The predicted molar refractivity (Wildman–Crippen MR) is 86.1 cm³/mol. The van der Waals surface area contributed by atoms with Crippen LogP contribution in [0.4, 0.5) is 5.13 Å². The predicted octanol–water partition coefficient (Wildman–Crippen LogP) is 2.83. The number of carbonyl (C=O) groups excluding carboxylic acids is 1. The fraction of sp³-hybridized carbons (Fsp3) is 0.0833. The Kier molecular flexibility index (Phi) is 4.95. The van der Waals surface area contributed by atoms with Crippen molar-refractivity contribution in [1.82, 2.24) is 4.98 Å². The maximum atomic E-state index is 12.4. The van der Waals surface area contributed by atoms with Gasteiger partial charge >= 0.3 is 5.97 Å². The van der Waals surface area contributed by atoms with Gasteiger partial charge < -0.3 is 5.11 Å². The number of nitrogens with zero attached hydrogens (tertiary/aromatic N) is 1. The molecule has 0 aliphatic carbocycles. The number of Topliss-reactive ketones (excluding diaryl/α,β-unsaturated/α-hetero) is 1. The number of carboxylic acid groups (broad SMARTS) is 1. The van der Waals surface area contributed by atoms with Crippen LogP contribution in [-0.4, -0.2) is 30.3 Å². The van der Waals surface area contributed by atoms with E-state index >= 15 is 0 Å². The zero-order valence-electron chi connectivity index (χ0n) is 11.3. The Morgan fingerprint density at radius 1 is 1.30 bits per heavy atom. The standard InChI is InChI=1S/C12H8Cl2N2O5S2/c1-5-2-6(13)3-7(14)10(5)23(20,21)16-12-15-8(4-22-12)9(17)11(18)19/h2-4H,1H3,(H,15,16)(H,18,19). The van der Waals surface area contributed by atoms with Gasteiger partial charge in [-0.1, -0.05) is 23.2 Å². The molecular weight excluding hydrogens is 387 g/mol. The number of sulfonamides is 1. The van der Waals surface area contributed by atoms with Crippen LogP contribution < -0.4 is 4.72 Å². The van der Waals surface area contributed by atoms with Gasteiger partial charge in [0, 0.05) is 10.4 Å². The Hall–Kier alpha value is -1.68. The summed E-state index contributed by atoms with van der Waals surface area (Å²) < 4.78 is 26.9. The number of hydrogen-bond acceptors (Lipinski definition) is 6. The van der Waals surface area contributed by atoms with Crippen molar-refractivity contribution in [3.05, 3.63) is 38.8 Å². The first kappa shape index (κ1) is 17.7. The largest absolute Gasteiger partial charge is 0.475 e. The Labute approximate surface area is 144 Å². The molecule has 2 aromatic rings. The number of aryl methyl sites for hydroxylation is 1. The van der Waals surface area contributed by atoms with E-state index in [2.05, 4.69) is 9.71 Å². The van der Waals surface area contributed by atoms with Gasteiger partial charge in [-0.2, -0.15) is 0 Å². The molecule has 0 unspecified atom stereocenters. The Morgan fingerprint density at radius 2 is 1.96 bits per heavy atom. The molecule has 0 amide bonds. The van der Waals surface area contributed by atoms with E-state index in [0.29, 0.717) is 5.56 Å². The van der Waals surface area contributed by atoms with Crippen LogP contribution in [0, 0.1) is 6.92 Å². The van der Waals surface area contributed by atoms with Crippen molar-refractivity contribution in [2.45, 2.75) is 11.8 Å². The summed E-state index contributed by atoms with van der Waals surface area (Å²) in [4.78, 5) is 25.3. The Morgan fingerprint density at radius 3 is 2.52 bits per heavy atom. The molecular formula is C12H8Cl2N2O5S2. The lowest BCUT2D eigenvalue weighted by Gasteiger charge is -2.10. The number of aromatic nitrogens is 1. The van der Waals surface area contributed by atoms with Crippen LogP contribution >= 0.6 is 34.5 Å².